The van der Waals surface area contributed by atoms with Crippen molar-refractivity contribution in [1.29, 1.82) is 0 Å². The molecule has 2 N–H and O–H groups in total. The number of likely N-dealkylation sites (tertiary alicyclic amines) is 1. The van der Waals surface area contributed by atoms with Crippen LogP contribution in [0.4, 0.5) is 0 Å². The number of nitrogens with zero attached hydrogens (tertiary/aromatic N) is 1. The summed E-state index contributed by atoms with van der Waals surface area (Å²) in [6, 6.07) is 10.3. The van der Waals surface area contributed by atoms with Crippen molar-refractivity contribution in [3.8, 4) is 0 Å². The van der Waals surface area contributed by atoms with E-state index in [4.69, 9.17) is 5.21 Å². The molecule has 1 aliphatic rings. The highest BCUT2D eigenvalue weighted by Gasteiger charge is 2.43. The predicted octanol–water partition coefficient (Wildman–Crippen LogP) is 2.91. The quantitative estimate of drug-likeness (QED) is 0.499. The lowest BCUT2D eigenvalue weighted by Crippen LogP contribution is -2.48. The highest BCUT2D eigenvalue weighted by atomic mass is 16.5. The Morgan fingerprint density at radius 3 is 2.50 bits per heavy atom. The van der Waals surface area contributed by atoms with Crippen molar-refractivity contribution in [1.82, 2.24) is 10.4 Å². The normalized spacial score (nSPS) is 18.7. The SMILES string of the molecule is C=C/C(=C\C)C1(C(=O)NO)CCN(Cc2ccccc2)CC1. The van der Waals surface area contributed by atoms with Crippen molar-refractivity contribution in [2.45, 2.75) is 26.3 Å². The number of nitrogens with one attached hydrogen (secondary N) is 1. The lowest BCUT2D eigenvalue weighted by molar-refractivity contribution is -0.140. The first-order chi connectivity index (χ1) is 10.7. The number of hydroxylamine groups is 1. The number of carbonyl (C=O) groups is 1. The Kier molecular flexibility index (Phi) is 5.52. The third-order valence-electron chi connectivity index (χ3n) is 4.58. The molecule has 0 spiro atoms. The van der Waals surface area contributed by atoms with E-state index in [0.717, 1.165) is 25.2 Å². The van der Waals surface area contributed by atoms with Gasteiger partial charge in [-0.2, -0.15) is 0 Å². The summed E-state index contributed by atoms with van der Waals surface area (Å²) in [5.41, 5.74) is 3.34. The minimum atomic E-state index is -0.668. The number of rotatable bonds is 5. The molecule has 1 saturated heterocycles. The number of hydrogen-bond acceptors (Lipinski definition) is 3. The second-order valence-corrected chi connectivity index (χ2v) is 5.73. The Morgan fingerprint density at radius 1 is 1.36 bits per heavy atom. The van der Waals surface area contributed by atoms with E-state index in [1.54, 1.807) is 6.08 Å². The van der Waals surface area contributed by atoms with Gasteiger partial charge in [-0.1, -0.05) is 49.1 Å². The van der Waals surface area contributed by atoms with Crippen LogP contribution in [0.2, 0.25) is 0 Å². The van der Waals surface area contributed by atoms with Gasteiger partial charge in [0.05, 0.1) is 5.41 Å². The van der Waals surface area contributed by atoms with Gasteiger partial charge in [-0.25, -0.2) is 5.48 Å². The monoisotopic (exact) mass is 300 g/mol. The molecule has 1 fully saturated rings. The van der Waals surface area contributed by atoms with Gasteiger partial charge in [-0.05, 0) is 44.0 Å². The molecular formula is C18H24N2O2. The predicted molar refractivity (Wildman–Crippen MR) is 87.3 cm³/mol. The molecule has 0 aromatic heterocycles. The van der Waals surface area contributed by atoms with E-state index in [1.165, 1.54) is 5.56 Å². The van der Waals surface area contributed by atoms with Crippen LogP contribution in [-0.2, 0) is 11.3 Å². The largest absolute Gasteiger partial charge is 0.299 e. The van der Waals surface area contributed by atoms with Gasteiger partial charge in [-0.3, -0.25) is 14.9 Å². The standard InChI is InChI=1S/C18H24N2O2/c1-3-16(4-2)18(17(21)19-22)10-12-20(13-11-18)14-15-8-6-5-7-9-15/h3-9,22H,1,10-14H2,2H3,(H,19,21)/b16-4+. The van der Waals surface area contributed by atoms with Gasteiger partial charge in [0.15, 0.2) is 0 Å². The topological polar surface area (TPSA) is 52.6 Å². The van der Waals surface area contributed by atoms with Crippen LogP contribution in [0.3, 0.4) is 0 Å². The molecule has 1 heterocycles. The van der Waals surface area contributed by atoms with E-state index >= 15 is 0 Å². The summed E-state index contributed by atoms with van der Waals surface area (Å²) in [6.45, 7) is 8.23. The molecule has 0 radical (unpaired) electrons. The highest BCUT2D eigenvalue weighted by Crippen LogP contribution is 2.39. The summed E-state index contributed by atoms with van der Waals surface area (Å²) in [5.74, 6) is -0.333. The van der Waals surface area contributed by atoms with Crippen molar-refractivity contribution < 1.29 is 10.0 Å². The fourth-order valence-corrected chi connectivity index (χ4v) is 3.28. The average molecular weight is 300 g/mol. The summed E-state index contributed by atoms with van der Waals surface area (Å²) in [5, 5.41) is 9.12. The van der Waals surface area contributed by atoms with E-state index in [0.29, 0.717) is 12.8 Å². The number of piperidine rings is 1. The second-order valence-electron chi connectivity index (χ2n) is 5.73. The van der Waals surface area contributed by atoms with Crippen LogP contribution in [0.25, 0.3) is 0 Å². The molecule has 0 unspecified atom stereocenters. The molecule has 0 aliphatic carbocycles. The van der Waals surface area contributed by atoms with E-state index in [1.807, 2.05) is 36.7 Å². The minimum Gasteiger partial charge on any atom is -0.299 e. The molecule has 1 aromatic carbocycles. The molecular weight excluding hydrogens is 276 g/mol. The molecule has 0 bridgehead atoms. The van der Waals surface area contributed by atoms with Crippen molar-refractivity contribution in [2.24, 2.45) is 5.41 Å². The minimum absolute atomic E-state index is 0.333. The maximum absolute atomic E-state index is 12.2. The van der Waals surface area contributed by atoms with Crippen molar-refractivity contribution in [2.75, 3.05) is 13.1 Å². The second kappa shape index (κ2) is 7.38. The number of hydrogen-bond donors (Lipinski definition) is 2. The first-order valence-corrected chi connectivity index (χ1v) is 7.66. The number of benzene rings is 1. The Balaban J connectivity index is 2.09. The van der Waals surface area contributed by atoms with Crippen LogP contribution in [0.5, 0.6) is 0 Å². The molecule has 2 rings (SSSR count). The molecule has 4 nitrogen and oxygen atoms in total. The van der Waals surface area contributed by atoms with Gasteiger partial charge in [0.1, 0.15) is 0 Å². The lowest BCUT2D eigenvalue weighted by atomic mass is 9.71. The molecule has 0 atom stereocenters. The van der Waals surface area contributed by atoms with E-state index in [9.17, 15) is 4.79 Å². The summed E-state index contributed by atoms with van der Waals surface area (Å²) in [7, 11) is 0. The van der Waals surface area contributed by atoms with E-state index in [2.05, 4.69) is 23.6 Å². The third kappa shape index (κ3) is 3.29. The Bertz CT molecular complexity index is 543. The van der Waals surface area contributed by atoms with Gasteiger partial charge >= 0.3 is 0 Å². The van der Waals surface area contributed by atoms with Crippen molar-refractivity contribution in [3.63, 3.8) is 0 Å². The van der Waals surface area contributed by atoms with Gasteiger partial charge in [0.25, 0.3) is 5.91 Å². The van der Waals surface area contributed by atoms with Gasteiger partial charge in [0.2, 0.25) is 0 Å². The van der Waals surface area contributed by atoms with Crippen LogP contribution in [0, 0.1) is 5.41 Å². The maximum atomic E-state index is 12.2. The molecule has 4 heteroatoms. The van der Waals surface area contributed by atoms with Crippen LogP contribution in [0.1, 0.15) is 25.3 Å². The summed E-state index contributed by atoms with van der Waals surface area (Å²) in [6.07, 6.45) is 4.99. The Labute approximate surface area is 132 Å². The molecule has 0 saturated carbocycles. The van der Waals surface area contributed by atoms with Gasteiger partial charge < -0.3 is 0 Å². The zero-order valence-corrected chi connectivity index (χ0v) is 13.1. The average Bonchev–Trinajstić information content (AvgIpc) is 2.57. The zero-order valence-electron chi connectivity index (χ0n) is 13.1. The number of allylic oxidation sites excluding steroid dienone is 2. The molecule has 1 amide bonds. The van der Waals surface area contributed by atoms with E-state index in [-0.39, 0.29) is 5.91 Å². The summed E-state index contributed by atoms with van der Waals surface area (Å²) in [4.78, 5) is 14.6. The van der Waals surface area contributed by atoms with Gasteiger partial charge in [-0.15, -0.1) is 0 Å². The lowest BCUT2D eigenvalue weighted by Gasteiger charge is -2.41. The van der Waals surface area contributed by atoms with Crippen molar-refractivity contribution >= 4 is 5.91 Å². The number of carbonyl (C=O) groups excluding carboxylic acids is 1. The fourth-order valence-electron chi connectivity index (χ4n) is 3.28. The fraction of sp³-hybridized carbons (Fsp3) is 0.389. The molecule has 1 aromatic rings. The zero-order chi connectivity index (χ0) is 16.0. The maximum Gasteiger partial charge on any atom is 0.254 e. The Hall–Kier alpha value is -1.91. The Morgan fingerprint density at radius 2 is 2.00 bits per heavy atom. The molecule has 1 aliphatic heterocycles. The first kappa shape index (κ1) is 16.5. The van der Waals surface area contributed by atoms with Crippen molar-refractivity contribution in [3.05, 3.63) is 60.2 Å². The van der Waals surface area contributed by atoms with Crippen LogP contribution in [0.15, 0.2) is 54.6 Å². The van der Waals surface area contributed by atoms with E-state index < -0.39 is 5.41 Å². The smallest absolute Gasteiger partial charge is 0.254 e. The third-order valence-corrected chi connectivity index (χ3v) is 4.58. The van der Waals surface area contributed by atoms with Crippen LogP contribution < -0.4 is 5.48 Å². The highest BCUT2D eigenvalue weighted by molar-refractivity contribution is 5.85. The summed E-state index contributed by atoms with van der Waals surface area (Å²) < 4.78 is 0. The van der Waals surface area contributed by atoms with Gasteiger partial charge in [0, 0.05) is 6.54 Å². The van der Waals surface area contributed by atoms with Crippen LogP contribution >= 0.6 is 0 Å². The summed E-state index contributed by atoms with van der Waals surface area (Å²) >= 11 is 0. The molecule has 118 valence electrons. The molecule has 22 heavy (non-hydrogen) atoms. The number of amides is 1. The van der Waals surface area contributed by atoms with Crippen LogP contribution in [-0.4, -0.2) is 29.1 Å². The first-order valence-electron chi connectivity index (χ1n) is 7.66.